The number of carbonyl (C=O) groups excluding carboxylic acids is 2. The molecule has 1 aromatic carbocycles. The summed E-state index contributed by atoms with van der Waals surface area (Å²) in [5, 5.41) is 22.7. The van der Waals surface area contributed by atoms with Crippen LogP contribution in [0.25, 0.3) is 6.08 Å². The Hall–Kier alpha value is -2.43. The van der Waals surface area contributed by atoms with E-state index < -0.39 is 19.0 Å². The first-order chi connectivity index (χ1) is 18.3. The quantitative estimate of drug-likeness (QED) is 0.272. The monoisotopic (exact) mass is 555 g/mol. The summed E-state index contributed by atoms with van der Waals surface area (Å²) < 4.78 is 11.6. The molecule has 200 valence electrons. The van der Waals surface area contributed by atoms with Crippen molar-refractivity contribution in [1.29, 1.82) is 0 Å². The van der Waals surface area contributed by atoms with E-state index in [0.717, 1.165) is 27.2 Å². The number of ether oxygens (including phenoxy) is 1. The number of nitrogens with zero attached hydrogens (tertiary/aromatic N) is 1. The molecule has 0 saturated carbocycles. The number of fused-ring (bicyclic) bond motifs is 3. The fraction of sp³-hybridized carbons (Fsp3) is 0.429. The van der Waals surface area contributed by atoms with Crippen molar-refractivity contribution in [1.82, 2.24) is 4.90 Å². The number of hydrogen-bond acceptors (Lipinski definition) is 7. The van der Waals surface area contributed by atoms with Crippen molar-refractivity contribution in [2.45, 2.75) is 45.2 Å². The minimum atomic E-state index is -1.01. The van der Waals surface area contributed by atoms with Gasteiger partial charge in [-0.05, 0) is 84.8 Å². The topological polar surface area (TPSA) is 96.3 Å². The summed E-state index contributed by atoms with van der Waals surface area (Å²) in [6, 6.07) is 8.72. The van der Waals surface area contributed by atoms with Gasteiger partial charge in [-0.3, -0.25) is 14.5 Å². The van der Waals surface area contributed by atoms with Crippen LogP contribution in [0.15, 0.2) is 52.4 Å². The SMILES string of the molecule is COCC1=C2[C@@H](CC/C(C)=C/c3ccc(O)cc3Cl)OB(O)C[C@@H]2[C@@H]2C(=O)N(Cc3cccs3)C(=O)[C@@H]2C1. The summed E-state index contributed by atoms with van der Waals surface area (Å²) in [4.78, 5) is 29.4. The molecule has 5 rings (SSSR count). The predicted molar refractivity (Wildman–Crippen MR) is 148 cm³/mol. The summed E-state index contributed by atoms with van der Waals surface area (Å²) in [5.41, 5.74) is 3.88. The molecule has 3 aliphatic rings. The van der Waals surface area contributed by atoms with Crippen LogP contribution in [-0.4, -0.2) is 53.8 Å². The lowest BCUT2D eigenvalue weighted by molar-refractivity contribution is -0.140. The number of rotatable bonds is 8. The number of phenolic OH excluding ortho intramolecular Hbond substituents is 1. The minimum absolute atomic E-state index is 0.113. The molecule has 1 aromatic heterocycles. The van der Waals surface area contributed by atoms with Gasteiger partial charge < -0.3 is 19.5 Å². The lowest BCUT2D eigenvalue weighted by Gasteiger charge is -2.43. The molecule has 38 heavy (non-hydrogen) atoms. The second-order valence-electron chi connectivity index (χ2n) is 10.3. The zero-order chi connectivity index (χ0) is 27.0. The van der Waals surface area contributed by atoms with Gasteiger partial charge in [0.05, 0.1) is 36.1 Å². The highest BCUT2D eigenvalue weighted by molar-refractivity contribution is 7.09. The number of halogens is 1. The number of hydrogen-bond donors (Lipinski definition) is 2. The van der Waals surface area contributed by atoms with Gasteiger partial charge in [0.25, 0.3) is 0 Å². The molecule has 0 bridgehead atoms. The molecule has 3 heterocycles. The second kappa shape index (κ2) is 11.4. The number of methoxy groups -OCH3 is 1. The van der Waals surface area contributed by atoms with Crippen molar-refractivity contribution in [2.75, 3.05) is 13.7 Å². The van der Waals surface area contributed by atoms with E-state index in [9.17, 15) is 19.7 Å². The molecular weight excluding hydrogens is 525 g/mol. The molecule has 2 saturated heterocycles. The lowest BCUT2D eigenvalue weighted by atomic mass is 9.58. The van der Waals surface area contributed by atoms with Gasteiger partial charge in [-0.25, -0.2) is 0 Å². The first kappa shape index (κ1) is 27.2. The van der Waals surface area contributed by atoms with Gasteiger partial charge in [-0.15, -0.1) is 11.3 Å². The standard InChI is InChI=1S/C28H31BClNO6S/c1-16(10-17-6-7-19(32)12-23(17)30)5-8-24-25-18(15-36-2)11-21-26(22(25)13-29(35)37-24)28(34)31(27(21)33)14-20-4-3-9-38-20/h3-4,6-7,9-10,12,21-22,24,26,32,35H,5,8,11,13-15H2,1-2H3/b16-10+/t21-,22+,24-,26-/m1/s1. The maximum absolute atomic E-state index is 13.6. The van der Waals surface area contributed by atoms with Gasteiger partial charge in [0.15, 0.2) is 0 Å². The predicted octanol–water partition coefficient (Wildman–Crippen LogP) is 4.93. The molecule has 1 aliphatic carbocycles. The van der Waals surface area contributed by atoms with E-state index in [2.05, 4.69) is 0 Å². The van der Waals surface area contributed by atoms with Crippen LogP contribution in [0.1, 0.15) is 36.6 Å². The first-order valence-corrected chi connectivity index (χ1v) is 14.1. The summed E-state index contributed by atoms with van der Waals surface area (Å²) in [6.07, 6.45) is 3.61. The lowest BCUT2D eigenvalue weighted by Crippen LogP contribution is -2.46. The minimum Gasteiger partial charge on any atom is -0.508 e. The maximum Gasteiger partial charge on any atom is 0.455 e. The molecule has 4 atom stereocenters. The summed E-state index contributed by atoms with van der Waals surface area (Å²) in [5.74, 6) is -1.38. The summed E-state index contributed by atoms with van der Waals surface area (Å²) >= 11 is 7.80. The molecule has 7 nitrogen and oxygen atoms in total. The number of likely N-dealkylation sites (tertiary alicyclic amines) is 1. The van der Waals surface area contributed by atoms with Crippen LogP contribution >= 0.6 is 22.9 Å². The Morgan fingerprint density at radius 1 is 1.29 bits per heavy atom. The molecule has 0 spiro atoms. The van der Waals surface area contributed by atoms with Crippen molar-refractivity contribution < 1.29 is 29.1 Å². The smallest absolute Gasteiger partial charge is 0.455 e. The number of phenols is 1. The highest BCUT2D eigenvalue weighted by Crippen LogP contribution is 2.51. The number of carbonyl (C=O) groups is 2. The second-order valence-corrected chi connectivity index (χ2v) is 11.8. The highest BCUT2D eigenvalue weighted by atomic mass is 35.5. The third kappa shape index (κ3) is 5.35. The van der Waals surface area contributed by atoms with E-state index in [4.69, 9.17) is 21.0 Å². The average molecular weight is 556 g/mol. The Balaban J connectivity index is 1.39. The fourth-order valence-corrected chi connectivity index (χ4v) is 7.10. The van der Waals surface area contributed by atoms with Crippen LogP contribution in [0.4, 0.5) is 0 Å². The molecule has 2 fully saturated rings. The zero-order valence-corrected chi connectivity index (χ0v) is 23.0. The van der Waals surface area contributed by atoms with Crippen molar-refractivity contribution >= 4 is 47.9 Å². The number of imide groups is 1. The van der Waals surface area contributed by atoms with Gasteiger partial charge in [-0.2, -0.15) is 0 Å². The van der Waals surface area contributed by atoms with Crippen molar-refractivity contribution in [3.63, 3.8) is 0 Å². The van der Waals surface area contributed by atoms with Crippen molar-refractivity contribution in [3.05, 3.63) is 67.9 Å². The Kier molecular flexibility index (Phi) is 8.12. The van der Waals surface area contributed by atoms with E-state index >= 15 is 0 Å². The maximum atomic E-state index is 13.6. The van der Waals surface area contributed by atoms with E-state index in [-0.39, 0.29) is 42.5 Å². The Labute approximate surface area is 231 Å². The summed E-state index contributed by atoms with van der Waals surface area (Å²) in [6.45, 7) is 2.65. The number of benzene rings is 1. The Bertz CT molecular complexity index is 1280. The van der Waals surface area contributed by atoms with Gasteiger partial charge in [0.2, 0.25) is 11.8 Å². The normalized spacial score (nSPS) is 25.7. The number of amides is 2. The molecule has 2 aromatic rings. The highest BCUT2D eigenvalue weighted by Gasteiger charge is 2.57. The number of aromatic hydroxyl groups is 1. The Morgan fingerprint density at radius 2 is 2.11 bits per heavy atom. The molecule has 0 unspecified atom stereocenters. The van der Waals surface area contributed by atoms with Crippen LogP contribution in [0.5, 0.6) is 5.75 Å². The van der Waals surface area contributed by atoms with Crippen molar-refractivity contribution in [2.24, 2.45) is 17.8 Å². The summed E-state index contributed by atoms with van der Waals surface area (Å²) in [7, 11) is 0.614. The molecule has 2 N–H and O–H groups in total. The van der Waals surface area contributed by atoms with Crippen LogP contribution in [-0.2, 0) is 25.5 Å². The molecule has 2 aliphatic heterocycles. The van der Waals surface area contributed by atoms with Gasteiger partial charge in [0, 0.05) is 12.0 Å². The third-order valence-electron chi connectivity index (χ3n) is 7.80. The van der Waals surface area contributed by atoms with E-state index in [1.165, 1.54) is 22.3 Å². The number of thiophene rings is 1. The number of allylic oxidation sites excluding steroid dienone is 1. The molecule has 0 radical (unpaired) electrons. The largest absolute Gasteiger partial charge is 0.508 e. The zero-order valence-electron chi connectivity index (χ0n) is 21.4. The molecule has 2 amide bonds. The van der Waals surface area contributed by atoms with Crippen LogP contribution in [0.3, 0.4) is 0 Å². The van der Waals surface area contributed by atoms with Crippen LogP contribution in [0, 0.1) is 17.8 Å². The van der Waals surface area contributed by atoms with Crippen molar-refractivity contribution in [3.8, 4) is 5.75 Å². The molecular formula is C28H31BClNO6S. The fourth-order valence-electron chi connectivity index (χ4n) is 6.18. The van der Waals surface area contributed by atoms with E-state index in [0.29, 0.717) is 30.9 Å². The van der Waals surface area contributed by atoms with E-state index in [1.54, 1.807) is 19.2 Å². The van der Waals surface area contributed by atoms with Gasteiger partial charge in [-0.1, -0.05) is 29.3 Å². The molecule has 10 heteroatoms. The Morgan fingerprint density at radius 3 is 2.82 bits per heavy atom. The third-order valence-corrected chi connectivity index (χ3v) is 8.99. The van der Waals surface area contributed by atoms with Gasteiger partial charge >= 0.3 is 7.12 Å². The van der Waals surface area contributed by atoms with E-state index in [1.807, 2.05) is 30.5 Å². The van der Waals surface area contributed by atoms with Crippen LogP contribution < -0.4 is 0 Å². The first-order valence-electron chi connectivity index (χ1n) is 12.8. The van der Waals surface area contributed by atoms with Gasteiger partial charge in [0.1, 0.15) is 5.75 Å². The average Bonchev–Trinajstić information content (AvgIpc) is 3.47. The van der Waals surface area contributed by atoms with Crippen LogP contribution in [0.2, 0.25) is 11.3 Å².